The summed E-state index contributed by atoms with van der Waals surface area (Å²) in [7, 11) is 2.11. The summed E-state index contributed by atoms with van der Waals surface area (Å²) in [5.74, 6) is -0.691. The van der Waals surface area contributed by atoms with Gasteiger partial charge in [-0.2, -0.15) is 0 Å². The minimum absolute atomic E-state index is 0.0244. The fourth-order valence-corrected chi connectivity index (χ4v) is 4.09. The van der Waals surface area contributed by atoms with Crippen molar-refractivity contribution in [3.63, 3.8) is 0 Å². The van der Waals surface area contributed by atoms with E-state index in [1.54, 1.807) is 12.1 Å². The number of nitrogens with zero attached hydrogens (tertiary/aromatic N) is 2. The van der Waals surface area contributed by atoms with Gasteiger partial charge < -0.3 is 16.0 Å². The van der Waals surface area contributed by atoms with Crippen LogP contribution >= 0.6 is 0 Å². The Bertz CT molecular complexity index is 990. The standard InChI is InChI=1S/C23H26N4O2/c1-14(28)15-6-7-20-19(13-15)21(23(29)26-20)22(16-4-3-5-17(24)12-16)25-18-8-10-27(2)11-9-18/h3-7,12-13,18,21H,8-11,24H2,1-2H3,(H,26,29). The molecular weight excluding hydrogens is 364 g/mol. The number of nitrogens with two attached hydrogens (primary N) is 1. The van der Waals surface area contributed by atoms with E-state index in [1.807, 2.05) is 30.3 Å². The second kappa shape index (κ2) is 7.79. The molecule has 0 radical (unpaired) electrons. The highest BCUT2D eigenvalue weighted by Crippen LogP contribution is 2.37. The smallest absolute Gasteiger partial charge is 0.238 e. The van der Waals surface area contributed by atoms with E-state index in [4.69, 9.17) is 10.7 Å². The summed E-state index contributed by atoms with van der Waals surface area (Å²) < 4.78 is 0. The molecule has 150 valence electrons. The SMILES string of the molecule is CC(=O)c1ccc2c(c1)C(C(=NC1CCN(C)CC1)c1cccc(N)c1)C(=O)N2. The second-order valence-corrected chi connectivity index (χ2v) is 7.95. The number of ketones is 1. The molecule has 1 saturated heterocycles. The third kappa shape index (κ3) is 3.93. The third-order valence-corrected chi connectivity index (χ3v) is 5.75. The first kappa shape index (κ1) is 19.3. The molecule has 0 aliphatic carbocycles. The van der Waals surface area contributed by atoms with Crippen LogP contribution < -0.4 is 11.1 Å². The highest BCUT2D eigenvalue weighted by atomic mass is 16.2. The summed E-state index contributed by atoms with van der Waals surface area (Å²) >= 11 is 0. The van der Waals surface area contributed by atoms with Gasteiger partial charge in [0.2, 0.25) is 5.91 Å². The number of piperidine rings is 1. The van der Waals surface area contributed by atoms with Gasteiger partial charge in [0.05, 0.1) is 11.8 Å². The lowest BCUT2D eigenvalue weighted by atomic mass is 9.89. The molecule has 2 aromatic rings. The van der Waals surface area contributed by atoms with Crippen LogP contribution in [0, 0.1) is 0 Å². The van der Waals surface area contributed by atoms with Crippen LogP contribution in [0.5, 0.6) is 0 Å². The number of anilines is 2. The van der Waals surface area contributed by atoms with Crippen LogP contribution in [0.4, 0.5) is 11.4 Å². The van der Waals surface area contributed by atoms with Crippen LogP contribution in [-0.4, -0.2) is 48.5 Å². The topological polar surface area (TPSA) is 87.8 Å². The van der Waals surface area contributed by atoms with Crippen LogP contribution in [-0.2, 0) is 4.79 Å². The fraction of sp³-hybridized carbons (Fsp3) is 0.348. The Morgan fingerprint density at radius 2 is 1.90 bits per heavy atom. The van der Waals surface area contributed by atoms with E-state index < -0.39 is 5.92 Å². The summed E-state index contributed by atoms with van der Waals surface area (Å²) in [5, 5.41) is 2.95. The Kier molecular flexibility index (Phi) is 5.20. The lowest BCUT2D eigenvalue weighted by Crippen LogP contribution is -2.33. The summed E-state index contributed by atoms with van der Waals surface area (Å²) in [5.41, 5.74) is 10.4. The molecule has 6 heteroatoms. The maximum absolute atomic E-state index is 13.0. The minimum Gasteiger partial charge on any atom is -0.399 e. The predicted molar refractivity (Wildman–Crippen MR) is 116 cm³/mol. The first-order valence-corrected chi connectivity index (χ1v) is 10.0. The number of Topliss-reactive ketones (excluding diaryl/α,β-unsaturated/α-hetero) is 1. The summed E-state index contributed by atoms with van der Waals surface area (Å²) in [6.07, 6.45) is 1.91. The normalized spacial score (nSPS) is 20.4. The molecule has 0 aromatic heterocycles. The number of rotatable bonds is 4. The molecule has 2 aromatic carbocycles. The van der Waals surface area contributed by atoms with E-state index in [2.05, 4.69) is 17.3 Å². The number of nitrogens with one attached hydrogen (secondary N) is 1. The zero-order chi connectivity index (χ0) is 20.5. The Labute approximate surface area is 170 Å². The number of carbonyl (C=O) groups is 2. The second-order valence-electron chi connectivity index (χ2n) is 7.95. The van der Waals surface area contributed by atoms with Crippen LogP contribution in [0.2, 0.25) is 0 Å². The van der Waals surface area contributed by atoms with Gasteiger partial charge >= 0.3 is 0 Å². The van der Waals surface area contributed by atoms with Gasteiger partial charge in [0.1, 0.15) is 5.92 Å². The molecule has 6 nitrogen and oxygen atoms in total. The molecule has 0 spiro atoms. The van der Waals surface area contributed by atoms with E-state index in [-0.39, 0.29) is 17.7 Å². The van der Waals surface area contributed by atoms with Crippen LogP contribution in [0.15, 0.2) is 47.5 Å². The Morgan fingerprint density at radius 1 is 1.14 bits per heavy atom. The quantitative estimate of drug-likeness (QED) is 0.477. The zero-order valence-electron chi connectivity index (χ0n) is 16.8. The molecule has 0 saturated carbocycles. The van der Waals surface area contributed by atoms with Gasteiger partial charge in [-0.05, 0) is 81.4 Å². The molecule has 29 heavy (non-hydrogen) atoms. The number of hydrogen-bond donors (Lipinski definition) is 2. The van der Waals surface area contributed by atoms with Gasteiger partial charge in [-0.15, -0.1) is 0 Å². The molecule has 4 rings (SSSR count). The largest absolute Gasteiger partial charge is 0.399 e. The number of nitrogen functional groups attached to an aromatic ring is 1. The van der Waals surface area contributed by atoms with Crippen molar-refractivity contribution in [3.8, 4) is 0 Å². The summed E-state index contributed by atoms with van der Waals surface area (Å²) in [4.78, 5) is 32.3. The Hall–Kier alpha value is -2.99. The molecular formula is C23H26N4O2. The summed E-state index contributed by atoms with van der Waals surface area (Å²) in [6.45, 7) is 3.51. The van der Waals surface area contributed by atoms with E-state index >= 15 is 0 Å². The van der Waals surface area contributed by atoms with Crippen LogP contribution in [0.3, 0.4) is 0 Å². The molecule has 1 atom stereocenters. The minimum atomic E-state index is -0.550. The van der Waals surface area contributed by atoms with Crippen molar-refractivity contribution in [2.24, 2.45) is 4.99 Å². The molecule has 1 fully saturated rings. The van der Waals surface area contributed by atoms with Crippen molar-refractivity contribution in [2.45, 2.75) is 31.7 Å². The van der Waals surface area contributed by atoms with Gasteiger partial charge in [-0.3, -0.25) is 14.6 Å². The first-order chi connectivity index (χ1) is 13.9. The van der Waals surface area contributed by atoms with Gasteiger partial charge in [0, 0.05) is 16.9 Å². The molecule has 2 aliphatic heterocycles. The Morgan fingerprint density at radius 3 is 2.59 bits per heavy atom. The number of aliphatic imine (C=N–C) groups is 1. The lowest BCUT2D eigenvalue weighted by Gasteiger charge is -2.28. The van der Waals surface area contributed by atoms with Gasteiger partial charge in [-0.25, -0.2) is 0 Å². The maximum Gasteiger partial charge on any atom is 0.238 e. The van der Waals surface area contributed by atoms with Crippen molar-refractivity contribution < 1.29 is 9.59 Å². The third-order valence-electron chi connectivity index (χ3n) is 5.75. The van der Waals surface area contributed by atoms with Crippen molar-refractivity contribution in [2.75, 3.05) is 31.2 Å². The lowest BCUT2D eigenvalue weighted by molar-refractivity contribution is -0.115. The number of benzene rings is 2. The van der Waals surface area contributed by atoms with E-state index in [0.29, 0.717) is 11.3 Å². The average molecular weight is 390 g/mol. The number of fused-ring (bicyclic) bond motifs is 1. The summed E-state index contributed by atoms with van der Waals surface area (Å²) in [6, 6.07) is 13.1. The molecule has 3 N–H and O–H groups in total. The first-order valence-electron chi connectivity index (χ1n) is 10.0. The maximum atomic E-state index is 13.0. The van der Waals surface area contributed by atoms with Crippen molar-refractivity contribution in [3.05, 3.63) is 59.2 Å². The predicted octanol–water partition coefficient (Wildman–Crippen LogP) is 3.09. The van der Waals surface area contributed by atoms with Crippen molar-refractivity contribution in [1.82, 2.24) is 4.90 Å². The number of likely N-dealkylation sites (tertiary alicyclic amines) is 1. The van der Waals surface area contributed by atoms with Crippen LogP contribution in [0.25, 0.3) is 0 Å². The van der Waals surface area contributed by atoms with E-state index in [0.717, 1.165) is 48.5 Å². The van der Waals surface area contributed by atoms with Gasteiger partial charge in [0.15, 0.2) is 5.78 Å². The molecule has 1 amide bonds. The Balaban J connectivity index is 1.81. The van der Waals surface area contributed by atoms with Crippen molar-refractivity contribution >= 4 is 28.8 Å². The molecule has 1 unspecified atom stereocenters. The molecule has 0 bridgehead atoms. The monoisotopic (exact) mass is 390 g/mol. The van der Waals surface area contributed by atoms with Gasteiger partial charge in [0.25, 0.3) is 0 Å². The highest BCUT2D eigenvalue weighted by Gasteiger charge is 2.36. The number of amides is 1. The molecule has 2 heterocycles. The van der Waals surface area contributed by atoms with Crippen molar-refractivity contribution in [1.29, 1.82) is 0 Å². The van der Waals surface area contributed by atoms with Gasteiger partial charge in [-0.1, -0.05) is 12.1 Å². The van der Waals surface area contributed by atoms with E-state index in [1.165, 1.54) is 6.92 Å². The van der Waals surface area contributed by atoms with E-state index in [9.17, 15) is 9.59 Å². The number of carbonyl (C=O) groups excluding carboxylic acids is 2. The fourth-order valence-electron chi connectivity index (χ4n) is 4.09. The zero-order valence-corrected chi connectivity index (χ0v) is 16.8. The molecule has 2 aliphatic rings. The highest BCUT2D eigenvalue weighted by molar-refractivity contribution is 6.24. The average Bonchev–Trinajstić information content (AvgIpc) is 3.02. The van der Waals surface area contributed by atoms with Crippen LogP contribution in [0.1, 0.15) is 47.2 Å². The number of hydrogen-bond acceptors (Lipinski definition) is 5.